The minimum absolute atomic E-state index is 0.329. The average molecular weight is 255 g/mol. The number of aromatic nitrogens is 2. The monoisotopic (exact) mass is 255 g/mol. The van der Waals surface area contributed by atoms with Gasteiger partial charge in [-0.2, -0.15) is 5.10 Å². The molecule has 1 aromatic carbocycles. The van der Waals surface area contributed by atoms with Gasteiger partial charge in [-0.15, -0.1) is 0 Å². The average Bonchev–Trinajstić information content (AvgIpc) is 2.71. The molecule has 0 bridgehead atoms. The van der Waals surface area contributed by atoms with E-state index in [0.29, 0.717) is 5.56 Å². The van der Waals surface area contributed by atoms with Crippen molar-refractivity contribution in [3.63, 3.8) is 0 Å². The number of rotatable bonds is 3. The number of aryl methyl sites for hydroxylation is 1. The standard InChI is InChI=1S/C12H12F3N3/c1-7(17-9-5-16-18(2)6-9)8-3-10(13)12(15)11(14)4-8/h3-7,17H,1-2H3/t7-/m0/s1. The van der Waals surface area contributed by atoms with Crippen molar-refractivity contribution in [2.75, 3.05) is 5.32 Å². The van der Waals surface area contributed by atoms with E-state index in [-0.39, 0.29) is 6.04 Å². The first-order chi connectivity index (χ1) is 8.47. The Morgan fingerprint density at radius 3 is 2.33 bits per heavy atom. The van der Waals surface area contributed by atoms with Crippen molar-refractivity contribution in [2.24, 2.45) is 7.05 Å². The highest BCUT2D eigenvalue weighted by Crippen LogP contribution is 2.22. The summed E-state index contributed by atoms with van der Waals surface area (Å²) in [5, 5.41) is 6.97. The van der Waals surface area contributed by atoms with Crippen LogP contribution in [0.4, 0.5) is 18.9 Å². The van der Waals surface area contributed by atoms with Gasteiger partial charge in [0.05, 0.1) is 11.9 Å². The topological polar surface area (TPSA) is 29.9 Å². The molecule has 18 heavy (non-hydrogen) atoms. The lowest BCUT2D eigenvalue weighted by Crippen LogP contribution is -2.08. The van der Waals surface area contributed by atoms with Crippen molar-refractivity contribution in [3.05, 3.63) is 47.5 Å². The third kappa shape index (κ3) is 2.47. The third-order valence-corrected chi connectivity index (χ3v) is 2.59. The van der Waals surface area contributed by atoms with Crippen LogP contribution in [0.15, 0.2) is 24.5 Å². The van der Waals surface area contributed by atoms with Gasteiger partial charge in [-0.05, 0) is 24.6 Å². The molecule has 1 atom stereocenters. The normalized spacial score (nSPS) is 12.5. The van der Waals surface area contributed by atoms with Crippen LogP contribution in [-0.2, 0) is 7.05 Å². The van der Waals surface area contributed by atoms with Gasteiger partial charge in [0.15, 0.2) is 17.5 Å². The van der Waals surface area contributed by atoms with Gasteiger partial charge in [0.25, 0.3) is 0 Å². The first-order valence-electron chi connectivity index (χ1n) is 5.37. The molecule has 0 spiro atoms. The molecule has 0 fully saturated rings. The van der Waals surface area contributed by atoms with Gasteiger partial charge >= 0.3 is 0 Å². The Morgan fingerprint density at radius 2 is 1.83 bits per heavy atom. The van der Waals surface area contributed by atoms with Gasteiger partial charge in [0, 0.05) is 19.3 Å². The fourth-order valence-electron chi connectivity index (χ4n) is 1.65. The molecule has 3 nitrogen and oxygen atoms in total. The molecule has 0 amide bonds. The second kappa shape index (κ2) is 4.72. The molecular weight excluding hydrogens is 243 g/mol. The Hall–Kier alpha value is -1.98. The summed E-state index contributed by atoms with van der Waals surface area (Å²) in [6.07, 6.45) is 3.32. The second-order valence-electron chi connectivity index (χ2n) is 4.07. The molecular formula is C12H12F3N3. The smallest absolute Gasteiger partial charge is 0.194 e. The summed E-state index contributed by atoms with van der Waals surface area (Å²) in [7, 11) is 1.76. The van der Waals surface area contributed by atoms with Crippen molar-refractivity contribution in [1.29, 1.82) is 0 Å². The van der Waals surface area contributed by atoms with Crippen LogP contribution in [0.5, 0.6) is 0 Å². The summed E-state index contributed by atoms with van der Waals surface area (Å²) in [5.74, 6) is -3.83. The summed E-state index contributed by atoms with van der Waals surface area (Å²) in [6.45, 7) is 1.72. The maximum atomic E-state index is 13.1. The van der Waals surface area contributed by atoms with Gasteiger partial charge in [-0.25, -0.2) is 13.2 Å². The molecule has 96 valence electrons. The molecule has 2 rings (SSSR count). The Morgan fingerprint density at radius 1 is 1.22 bits per heavy atom. The first kappa shape index (κ1) is 12.5. The Labute approximate surface area is 102 Å². The highest BCUT2D eigenvalue weighted by molar-refractivity contribution is 5.41. The van der Waals surface area contributed by atoms with E-state index in [1.165, 1.54) is 0 Å². The maximum absolute atomic E-state index is 13.1. The van der Waals surface area contributed by atoms with Gasteiger partial charge in [-0.1, -0.05) is 0 Å². The van der Waals surface area contributed by atoms with Crippen LogP contribution in [0.1, 0.15) is 18.5 Å². The highest BCUT2D eigenvalue weighted by Gasteiger charge is 2.14. The molecule has 2 aromatic rings. The lowest BCUT2D eigenvalue weighted by molar-refractivity contribution is 0.444. The number of anilines is 1. The van der Waals surface area contributed by atoms with Gasteiger partial charge in [-0.3, -0.25) is 4.68 Å². The minimum atomic E-state index is -1.45. The zero-order valence-corrected chi connectivity index (χ0v) is 9.92. The molecule has 0 radical (unpaired) electrons. The van der Waals surface area contributed by atoms with E-state index >= 15 is 0 Å². The van der Waals surface area contributed by atoms with E-state index in [9.17, 15) is 13.2 Å². The Bertz CT molecular complexity index is 542. The quantitative estimate of drug-likeness (QED) is 0.854. The summed E-state index contributed by atoms with van der Waals surface area (Å²) in [4.78, 5) is 0. The summed E-state index contributed by atoms with van der Waals surface area (Å²) in [6, 6.07) is 1.60. The SMILES string of the molecule is C[C@H](Nc1cnn(C)c1)c1cc(F)c(F)c(F)c1. The molecule has 1 aromatic heterocycles. The van der Waals surface area contributed by atoms with E-state index in [0.717, 1.165) is 17.8 Å². The van der Waals surface area contributed by atoms with E-state index in [4.69, 9.17) is 0 Å². The van der Waals surface area contributed by atoms with Crippen LogP contribution in [0.25, 0.3) is 0 Å². The van der Waals surface area contributed by atoms with E-state index in [1.54, 1.807) is 31.0 Å². The molecule has 1 heterocycles. The summed E-state index contributed by atoms with van der Waals surface area (Å²) in [5.41, 5.74) is 1.05. The second-order valence-corrected chi connectivity index (χ2v) is 4.07. The van der Waals surface area contributed by atoms with Crippen molar-refractivity contribution in [2.45, 2.75) is 13.0 Å². The van der Waals surface area contributed by atoms with Crippen LogP contribution in [-0.4, -0.2) is 9.78 Å². The largest absolute Gasteiger partial charge is 0.376 e. The number of halogens is 3. The fourth-order valence-corrected chi connectivity index (χ4v) is 1.65. The first-order valence-corrected chi connectivity index (χ1v) is 5.37. The van der Waals surface area contributed by atoms with Crippen molar-refractivity contribution < 1.29 is 13.2 Å². The number of hydrogen-bond acceptors (Lipinski definition) is 2. The van der Waals surface area contributed by atoms with E-state index in [2.05, 4.69) is 10.4 Å². The van der Waals surface area contributed by atoms with E-state index < -0.39 is 17.5 Å². The Kier molecular flexibility index (Phi) is 3.27. The lowest BCUT2D eigenvalue weighted by atomic mass is 10.1. The number of nitrogens with one attached hydrogen (secondary N) is 1. The van der Waals surface area contributed by atoms with Gasteiger partial charge in [0.1, 0.15) is 0 Å². The van der Waals surface area contributed by atoms with Crippen LogP contribution < -0.4 is 5.32 Å². The maximum Gasteiger partial charge on any atom is 0.194 e. The molecule has 0 unspecified atom stereocenters. The van der Waals surface area contributed by atoms with Crippen molar-refractivity contribution in [3.8, 4) is 0 Å². The van der Waals surface area contributed by atoms with Crippen LogP contribution in [0.3, 0.4) is 0 Å². The van der Waals surface area contributed by atoms with Gasteiger partial charge < -0.3 is 5.32 Å². The van der Waals surface area contributed by atoms with Gasteiger partial charge in [0.2, 0.25) is 0 Å². The van der Waals surface area contributed by atoms with E-state index in [1.807, 2.05) is 0 Å². The predicted molar refractivity (Wildman–Crippen MR) is 61.6 cm³/mol. The number of nitrogens with zero attached hydrogens (tertiary/aromatic N) is 2. The van der Waals surface area contributed by atoms with Crippen molar-refractivity contribution in [1.82, 2.24) is 9.78 Å². The molecule has 1 N–H and O–H groups in total. The molecule has 0 saturated heterocycles. The van der Waals surface area contributed by atoms with Crippen LogP contribution >= 0.6 is 0 Å². The summed E-state index contributed by atoms with van der Waals surface area (Å²) >= 11 is 0. The Balaban J connectivity index is 2.21. The van der Waals surface area contributed by atoms with Crippen LogP contribution in [0, 0.1) is 17.5 Å². The zero-order chi connectivity index (χ0) is 13.3. The predicted octanol–water partition coefficient (Wildman–Crippen LogP) is 3.01. The molecule has 0 aliphatic carbocycles. The molecule has 6 heteroatoms. The number of benzene rings is 1. The summed E-state index contributed by atoms with van der Waals surface area (Å²) < 4.78 is 40.6. The zero-order valence-electron chi connectivity index (χ0n) is 9.92. The minimum Gasteiger partial charge on any atom is -0.376 e. The third-order valence-electron chi connectivity index (χ3n) is 2.59. The molecule has 0 aliphatic rings. The number of hydrogen-bond donors (Lipinski definition) is 1. The highest BCUT2D eigenvalue weighted by atomic mass is 19.2. The molecule has 0 saturated carbocycles. The lowest BCUT2D eigenvalue weighted by Gasteiger charge is -2.14. The van der Waals surface area contributed by atoms with Crippen molar-refractivity contribution >= 4 is 5.69 Å². The van der Waals surface area contributed by atoms with Crippen LogP contribution in [0.2, 0.25) is 0 Å². The fraction of sp³-hybridized carbons (Fsp3) is 0.250. The molecule has 0 aliphatic heterocycles.